The summed E-state index contributed by atoms with van der Waals surface area (Å²) < 4.78 is 0. The highest BCUT2D eigenvalue weighted by atomic mass is 16.2. The molecule has 2 aliphatic rings. The quantitative estimate of drug-likeness (QED) is 0.661. The second-order valence-corrected chi connectivity index (χ2v) is 7.34. The summed E-state index contributed by atoms with van der Waals surface area (Å²) in [7, 11) is 0. The van der Waals surface area contributed by atoms with Crippen LogP contribution in [0.5, 0.6) is 0 Å². The van der Waals surface area contributed by atoms with E-state index in [4.69, 9.17) is 0 Å². The zero-order valence-corrected chi connectivity index (χ0v) is 15.6. The van der Waals surface area contributed by atoms with Gasteiger partial charge in [0.05, 0.1) is 6.04 Å². The van der Waals surface area contributed by atoms with Crippen LogP contribution < -0.4 is 0 Å². The van der Waals surface area contributed by atoms with Gasteiger partial charge in [-0.05, 0) is 47.8 Å². The van der Waals surface area contributed by atoms with Crippen LogP contribution in [0.2, 0.25) is 0 Å². The minimum absolute atomic E-state index is 0.0933. The van der Waals surface area contributed by atoms with Gasteiger partial charge in [-0.15, -0.1) is 0 Å². The molecule has 1 heterocycles. The lowest BCUT2D eigenvalue weighted by Gasteiger charge is -2.31. The van der Waals surface area contributed by atoms with Crippen LogP contribution in [0.4, 0.5) is 0 Å². The Labute approximate surface area is 151 Å². The molecule has 1 aromatic carbocycles. The summed E-state index contributed by atoms with van der Waals surface area (Å²) in [6.45, 7) is 6.60. The minimum Gasteiger partial charge on any atom is -0.269 e. The number of imide groups is 1. The Morgan fingerprint density at radius 3 is 2.20 bits per heavy atom. The van der Waals surface area contributed by atoms with E-state index in [1.807, 2.05) is 0 Å². The Hall–Kier alpha value is -1.90. The van der Waals surface area contributed by atoms with Crippen LogP contribution in [0.25, 0.3) is 0 Å². The first-order valence-electron chi connectivity index (χ1n) is 9.80. The van der Waals surface area contributed by atoms with Crippen LogP contribution in [-0.4, -0.2) is 16.7 Å². The third-order valence-corrected chi connectivity index (χ3v) is 5.71. The molecule has 0 N–H and O–H groups in total. The highest BCUT2D eigenvalue weighted by Crippen LogP contribution is 2.53. The number of amides is 2. The zero-order chi connectivity index (χ0) is 18.0. The van der Waals surface area contributed by atoms with Crippen LogP contribution in [0.15, 0.2) is 30.4 Å². The molecule has 0 unspecified atom stereocenters. The lowest BCUT2D eigenvalue weighted by Crippen LogP contribution is -2.37. The summed E-state index contributed by atoms with van der Waals surface area (Å²) in [6.07, 6.45) is 9.29. The summed E-state index contributed by atoms with van der Waals surface area (Å²) in [5.74, 6) is 0.490. The van der Waals surface area contributed by atoms with Crippen molar-refractivity contribution in [1.29, 1.82) is 0 Å². The largest absolute Gasteiger partial charge is 0.269 e. The first-order chi connectivity index (χ1) is 12.1. The fraction of sp³-hybridized carbons (Fsp3) is 0.545. The Bertz CT molecular complexity index is 673. The molecule has 1 aromatic rings. The first kappa shape index (κ1) is 17.9. The maximum atomic E-state index is 12.5. The predicted molar refractivity (Wildman–Crippen MR) is 100 cm³/mol. The van der Waals surface area contributed by atoms with Gasteiger partial charge in [-0.1, -0.05) is 58.2 Å². The van der Waals surface area contributed by atoms with Crippen molar-refractivity contribution in [2.24, 2.45) is 5.92 Å². The Balaban J connectivity index is 2.14. The van der Waals surface area contributed by atoms with Crippen LogP contribution in [0, 0.1) is 5.92 Å². The predicted octanol–water partition coefficient (Wildman–Crippen LogP) is 4.92. The van der Waals surface area contributed by atoms with E-state index in [9.17, 15) is 9.59 Å². The highest BCUT2D eigenvalue weighted by molar-refractivity contribution is 6.13. The molecule has 0 spiro atoms. The molecule has 3 atom stereocenters. The number of hydrogen-bond donors (Lipinski definition) is 0. The second kappa shape index (κ2) is 7.55. The summed E-state index contributed by atoms with van der Waals surface area (Å²) in [4.78, 5) is 26.5. The molecule has 0 saturated carbocycles. The smallest absolute Gasteiger partial charge is 0.254 e. The number of nitrogens with zero attached hydrogens (tertiary/aromatic N) is 1. The molecule has 2 amide bonds. The molecule has 0 bridgehead atoms. The average molecular weight is 339 g/mol. The molecule has 0 radical (unpaired) electrons. The normalized spacial score (nSPS) is 25.1. The lowest BCUT2D eigenvalue weighted by molar-refractivity contribution is -0.141. The fourth-order valence-corrected chi connectivity index (χ4v) is 4.85. The van der Waals surface area contributed by atoms with Gasteiger partial charge in [0, 0.05) is 12.2 Å². The Kier molecular flexibility index (Phi) is 5.41. The van der Waals surface area contributed by atoms with Gasteiger partial charge in [-0.2, -0.15) is 0 Å². The van der Waals surface area contributed by atoms with E-state index in [1.165, 1.54) is 33.7 Å². The number of benzene rings is 1. The van der Waals surface area contributed by atoms with E-state index in [2.05, 4.69) is 39.0 Å². The van der Waals surface area contributed by atoms with E-state index in [-0.39, 0.29) is 17.9 Å². The van der Waals surface area contributed by atoms with E-state index in [0.29, 0.717) is 11.8 Å². The first-order valence-corrected chi connectivity index (χ1v) is 9.80. The van der Waals surface area contributed by atoms with Crippen molar-refractivity contribution in [1.82, 2.24) is 4.90 Å². The van der Waals surface area contributed by atoms with Crippen molar-refractivity contribution >= 4 is 11.8 Å². The number of carbonyl (C=O) groups is 2. The maximum absolute atomic E-state index is 12.5. The molecule has 3 nitrogen and oxygen atoms in total. The van der Waals surface area contributed by atoms with E-state index in [0.717, 1.165) is 38.5 Å². The molecular weight excluding hydrogens is 310 g/mol. The molecule has 0 fully saturated rings. The average Bonchev–Trinajstić information content (AvgIpc) is 3.07. The molecule has 3 rings (SSSR count). The van der Waals surface area contributed by atoms with Gasteiger partial charge >= 0.3 is 0 Å². The fourth-order valence-electron chi connectivity index (χ4n) is 4.85. The molecular formula is C22H29NO2. The van der Waals surface area contributed by atoms with Gasteiger partial charge in [-0.3, -0.25) is 14.5 Å². The van der Waals surface area contributed by atoms with Gasteiger partial charge in [0.15, 0.2) is 0 Å². The zero-order valence-electron chi connectivity index (χ0n) is 15.6. The van der Waals surface area contributed by atoms with Gasteiger partial charge in [0.25, 0.3) is 11.8 Å². The van der Waals surface area contributed by atoms with Gasteiger partial charge in [0.2, 0.25) is 0 Å². The number of hydrogen-bond acceptors (Lipinski definition) is 2. The van der Waals surface area contributed by atoms with Crippen molar-refractivity contribution in [2.75, 3.05) is 0 Å². The Morgan fingerprint density at radius 2 is 1.60 bits per heavy atom. The molecule has 0 aromatic heterocycles. The summed E-state index contributed by atoms with van der Waals surface area (Å²) in [5.41, 5.74) is 3.97. The molecule has 3 heteroatoms. The van der Waals surface area contributed by atoms with Gasteiger partial charge in [-0.25, -0.2) is 0 Å². The molecule has 0 saturated heterocycles. The number of fused-ring (bicyclic) bond motifs is 1. The van der Waals surface area contributed by atoms with Gasteiger partial charge in [0.1, 0.15) is 0 Å². The summed E-state index contributed by atoms with van der Waals surface area (Å²) in [5, 5.41) is 0. The molecule has 134 valence electrons. The van der Waals surface area contributed by atoms with E-state index >= 15 is 0 Å². The van der Waals surface area contributed by atoms with Crippen molar-refractivity contribution in [3.63, 3.8) is 0 Å². The number of carbonyl (C=O) groups excluding carboxylic acids is 2. The third-order valence-electron chi connectivity index (χ3n) is 5.71. The van der Waals surface area contributed by atoms with Crippen LogP contribution >= 0.6 is 0 Å². The van der Waals surface area contributed by atoms with Crippen molar-refractivity contribution < 1.29 is 9.59 Å². The SMILES string of the molecule is CCCc1cccc2c1[C@@H](N1C(=O)C=CC1=O)[C@@H](CCC)[C@@H]2CCC. The van der Waals surface area contributed by atoms with Crippen LogP contribution in [0.1, 0.15) is 81.5 Å². The second-order valence-electron chi connectivity index (χ2n) is 7.34. The van der Waals surface area contributed by atoms with Crippen LogP contribution in [-0.2, 0) is 16.0 Å². The third kappa shape index (κ3) is 3.05. The summed E-state index contributed by atoms with van der Waals surface area (Å²) >= 11 is 0. The van der Waals surface area contributed by atoms with Gasteiger partial charge < -0.3 is 0 Å². The van der Waals surface area contributed by atoms with E-state index < -0.39 is 0 Å². The maximum Gasteiger partial charge on any atom is 0.254 e. The van der Waals surface area contributed by atoms with Crippen LogP contribution in [0.3, 0.4) is 0 Å². The number of rotatable bonds is 7. The molecule has 25 heavy (non-hydrogen) atoms. The Morgan fingerprint density at radius 1 is 0.920 bits per heavy atom. The monoisotopic (exact) mass is 339 g/mol. The topological polar surface area (TPSA) is 37.4 Å². The minimum atomic E-state index is -0.148. The molecule has 1 aliphatic carbocycles. The summed E-state index contributed by atoms with van der Waals surface area (Å²) in [6, 6.07) is 6.48. The molecule has 1 aliphatic heterocycles. The van der Waals surface area contributed by atoms with Crippen molar-refractivity contribution in [3.05, 3.63) is 47.0 Å². The van der Waals surface area contributed by atoms with E-state index in [1.54, 1.807) is 0 Å². The lowest BCUT2D eigenvalue weighted by atomic mass is 9.83. The standard InChI is InChI=1S/C22H29NO2/c1-4-8-15-11-7-12-17-16(9-5-2)18(10-6-3)22(21(15)17)23-19(24)13-14-20(23)25/h7,11-14,16,18,22H,4-6,8-10H2,1-3H3/t16-,18+,22+/m1/s1. The van der Waals surface area contributed by atoms with Crippen molar-refractivity contribution in [3.8, 4) is 0 Å². The van der Waals surface area contributed by atoms with Crippen molar-refractivity contribution in [2.45, 2.75) is 71.3 Å². The highest BCUT2D eigenvalue weighted by Gasteiger charge is 2.47. The number of aryl methyl sites for hydroxylation is 1.